The van der Waals surface area contributed by atoms with E-state index >= 15 is 0 Å². The molecular formula is C12H16N2. The van der Waals surface area contributed by atoms with Gasteiger partial charge in [0.15, 0.2) is 0 Å². The number of allylic oxidation sites excluding steroid dienone is 1. The van der Waals surface area contributed by atoms with Gasteiger partial charge in [-0.2, -0.15) is 0 Å². The summed E-state index contributed by atoms with van der Waals surface area (Å²) in [4.78, 5) is 9.28. The van der Waals surface area contributed by atoms with Crippen molar-refractivity contribution < 1.29 is 0 Å². The standard InChI is InChI=1S/C12H16N2/c1-8(2)12-9(3)13-10-6-4-5-7-11(10)14-12/h4,6,8H,5,7H2,1-3H3. The Hall–Kier alpha value is -1.18. The van der Waals surface area contributed by atoms with Gasteiger partial charge in [-0.1, -0.05) is 19.9 Å². The Balaban J connectivity index is 2.52. The van der Waals surface area contributed by atoms with Crippen LogP contribution in [-0.2, 0) is 6.42 Å². The van der Waals surface area contributed by atoms with Gasteiger partial charge >= 0.3 is 0 Å². The molecule has 14 heavy (non-hydrogen) atoms. The van der Waals surface area contributed by atoms with Crippen LogP contribution in [0, 0.1) is 6.92 Å². The third-order valence-electron chi connectivity index (χ3n) is 2.58. The van der Waals surface area contributed by atoms with Crippen LogP contribution in [0.3, 0.4) is 0 Å². The number of nitrogens with zero attached hydrogens (tertiary/aromatic N) is 2. The summed E-state index contributed by atoms with van der Waals surface area (Å²) in [5.74, 6) is 0.471. The molecule has 0 spiro atoms. The number of aromatic nitrogens is 2. The van der Waals surface area contributed by atoms with Crippen LogP contribution in [0.1, 0.15) is 49.0 Å². The zero-order chi connectivity index (χ0) is 10.1. The first kappa shape index (κ1) is 9.38. The summed E-state index contributed by atoms with van der Waals surface area (Å²) in [6.07, 6.45) is 6.40. The van der Waals surface area contributed by atoms with Crippen molar-refractivity contribution in [1.82, 2.24) is 9.97 Å². The minimum Gasteiger partial charge on any atom is -0.253 e. The molecule has 0 amide bonds. The van der Waals surface area contributed by atoms with E-state index in [1.165, 1.54) is 5.69 Å². The SMILES string of the molecule is Cc1nc2c(nc1C(C)C)CCC=C2. The summed E-state index contributed by atoms with van der Waals surface area (Å²) in [5.41, 5.74) is 4.46. The monoisotopic (exact) mass is 188 g/mol. The Labute approximate surface area is 85.1 Å². The van der Waals surface area contributed by atoms with E-state index in [9.17, 15) is 0 Å². The van der Waals surface area contributed by atoms with Gasteiger partial charge in [0.2, 0.25) is 0 Å². The lowest BCUT2D eigenvalue weighted by molar-refractivity contribution is 0.763. The van der Waals surface area contributed by atoms with Crippen LogP contribution in [0.4, 0.5) is 0 Å². The van der Waals surface area contributed by atoms with Crippen LogP contribution in [0.25, 0.3) is 6.08 Å². The van der Waals surface area contributed by atoms with Gasteiger partial charge in [-0.15, -0.1) is 0 Å². The Morgan fingerprint density at radius 3 is 2.79 bits per heavy atom. The normalized spacial score (nSPS) is 14.6. The summed E-state index contributed by atoms with van der Waals surface area (Å²) in [6.45, 7) is 6.38. The lowest BCUT2D eigenvalue weighted by Gasteiger charge is -2.14. The fourth-order valence-electron chi connectivity index (χ4n) is 1.87. The fourth-order valence-corrected chi connectivity index (χ4v) is 1.87. The van der Waals surface area contributed by atoms with Crippen LogP contribution >= 0.6 is 0 Å². The Kier molecular flexibility index (Phi) is 2.36. The highest BCUT2D eigenvalue weighted by molar-refractivity contribution is 5.50. The first-order chi connectivity index (χ1) is 6.68. The molecule has 1 heterocycles. The molecule has 0 unspecified atom stereocenters. The zero-order valence-corrected chi connectivity index (χ0v) is 9.04. The van der Waals surface area contributed by atoms with Crippen molar-refractivity contribution in [3.05, 3.63) is 28.9 Å². The molecule has 2 nitrogen and oxygen atoms in total. The largest absolute Gasteiger partial charge is 0.253 e. The second-order valence-corrected chi connectivity index (χ2v) is 4.12. The fraction of sp³-hybridized carbons (Fsp3) is 0.500. The second-order valence-electron chi connectivity index (χ2n) is 4.12. The van der Waals surface area contributed by atoms with Gasteiger partial charge < -0.3 is 0 Å². The minimum absolute atomic E-state index is 0.471. The number of hydrogen-bond acceptors (Lipinski definition) is 2. The maximum atomic E-state index is 4.70. The van der Waals surface area contributed by atoms with Crippen molar-refractivity contribution in [2.45, 2.75) is 39.5 Å². The van der Waals surface area contributed by atoms with Gasteiger partial charge in [0.25, 0.3) is 0 Å². The number of hydrogen-bond donors (Lipinski definition) is 0. The summed E-state index contributed by atoms with van der Waals surface area (Å²) < 4.78 is 0. The summed E-state index contributed by atoms with van der Waals surface area (Å²) >= 11 is 0. The summed E-state index contributed by atoms with van der Waals surface area (Å²) in [6, 6.07) is 0. The number of aryl methyl sites for hydroxylation is 2. The summed E-state index contributed by atoms with van der Waals surface area (Å²) in [7, 11) is 0. The van der Waals surface area contributed by atoms with Crippen LogP contribution in [0.15, 0.2) is 6.08 Å². The molecule has 74 valence electrons. The highest BCUT2D eigenvalue weighted by Gasteiger charge is 2.13. The van der Waals surface area contributed by atoms with E-state index < -0.39 is 0 Å². The molecular weight excluding hydrogens is 172 g/mol. The van der Waals surface area contributed by atoms with Crippen LogP contribution in [0.2, 0.25) is 0 Å². The van der Waals surface area contributed by atoms with Gasteiger partial charge in [-0.05, 0) is 31.8 Å². The first-order valence-electron chi connectivity index (χ1n) is 5.22. The van der Waals surface area contributed by atoms with Gasteiger partial charge in [0.05, 0.1) is 22.8 Å². The van der Waals surface area contributed by atoms with Gasteiger partial charge in [0, 0.05) is 0 Å². The number of fused-ring (bicyclic) bond motifs is 1. The molecule has 0 radical (unpaired) electrons. The van der Waals surface area contributed by atoms with Crippen molar-refractivity contribution in [2.24, 2.45) is 0 Å². The smallest absolute Gasteiger partial charge is 0.0845 e. The van der Waals surface area contributed by atoms with Crippen LogP contribution < -0.4 is 0 Å². The highest BCUT2D eigenvalue weighted by Crippen LogP contribution is 2.21. The third kappa shape index (κ3) is 1.57. The van der Waals surface area contributed by atoms with Gasteiger partial charge in [-0.25, -0.2) is 4.98 Å². The van der Waals surface area contributed by atoms with E-state index in [-0.39, 0.29) is 0 Å². The van der Waals surface area contributed by atoms with E-state index in [1.54, 1.807) is 0 Å². The predicted octanol–water partition coefficient (Wildman–Crippen LogP) is 2.87. The van der Waals surface area contributed by atoms with Crippen molar-refractivity contribution in [2.75, 3.05) is 0 Å². The molecule has 1 aliphatic rings. The lowest BCUT2D eigenvalue weighted by atomic mass is 10.0. The molecule has 2 heteroatoms. The maximum absolute atomic E-state index is 4.70. The van der Waals surface area contributed by atoms with Gasteiger partial charge in [0.1, 0.15) is 0 Å². The predicted molar refractivity (Wildman–Crippen MR) is 58.2 cm³/mol. The molecule has 0 N–H and O–H groups in total. The molecule has 0 saturated heterocycles. The highest BCUT2D eigenvalue weighted by atomic mass is 14.8. The average molecular weight is 188 g/mol. The van der Waals surface area contributed by atoms with E-state index in [4.69, 9.17) is 4.98 Å². The van der Waals surface area contributed by atoms with Crippen molar-refractivity contribution in [3.8, 4) is 0 Å². The Morgan fingerprint density at radius 1 is 1.29 bits per heavy atom. The van der Waals surface area contributed by atoms with E-state index in [2.05, 4.69) is 31.0 Å². The molecule has 0 fully saturated rings. The van der Waals surface area contributed by atoms with Crippen LogP contribution in [-0.4, -0.2) is 9.97 Å². The molecule has 0 aromatic carbocycles. The average Bonchev–Trinajstić information content (AvgIpc) is 2.16. The molecule has 0 aliphatic heterocycles. The molecule has 0 bridgehead atoms. The topological polar surface area (TPSA) is 25.8 Å². The lowest BCUT2D eigenvalue weighted by Crippen LogP contribution is -2.08. The van der Waals surface area contributed by atoms with E-state index in [0.29, 0.717) is 5.92 Å². The van der Waals surface area contributed by atoms with Crippen molar-refractivity contribution in [3.63, 3.8) is 0 Å². The van der Waals surface area contributed by atoms with Crippen molar-refractivity contribution in [1.29, 1.82) is 0 Å². The van der Waals surface area contributed by atoms with Gasteiger partial charge in [-0.3, -0.25) is 4.98 Å². The number of rotatable bonds is 1. The van der Waals surface area contributed by atoms with Crippen molar-refractivity contribution >= 4 is 6.08 Å². The third-order valence-corrected chi connectivity index (χ3v) is 2.58. The molecule has 1 aromatic heterocycles. The molecule has 0 atom stereocenters. The zero-order valence-electron chi connectivity index (χ0n) is 9.04. The minimum atomic E-state index is 0.471. The summed E-state index contributed by atoms with van der Waals surface area (Å²) in [5, 5.41) is 0. The maximum Gasteiger partial charge on any atom is 0.0845 e. The molecule has 1 aliphatic carbocycles. The molecule has 0 saturated carbocycles. The second kappa shape index (κ2) is 3.52. The van der Waals surface area contributed by atoms with E-state index in [1.807, 2.05) is 6.92 Å². The quantitative estimate of drug-likeness (QED) is 0.677. The molecule has 2 rings (SSSR count). The first-order valence-corrected chi connectivity index (χ1v) is 5.22. The van der Waals surface area contributed by atoms with E-state index in [0.717, 1.165) is 29.9 Å². The molecule has 1 aromatic rings. The Morgan fingerprint density at radius 2 is 2.07 bits per heavy atom. The van der Waals surface area contributed by atoms with Crippen LogP contribution in [0.5, 0.6) is 0 Å². The Bertz CT molecular complexity index is 378.